The molecule has 3 rings (SSSR count). The molecule has 10 nitrogen and oxygen atoms in total. The number of likely N-dealkylation sites (N-methyl/N-ethyl adjacent to an activating group) is 1. The van der Waals surface area contributed by atoms with Crippen molar-refractivity contribution < 1.29 is 9.72 Å². The Kier molecular flexibility index (Phi) is 5.21. The molecule has 0 N–H and O–H groups in total. The van der Waals surface area contributed by atoms with Crippen LogP contribution >= 0.6 is 0 Å². The van der Waals surface area contributed by atoms with Gasteiger partial charge in [-0.3, -0.25) is 19.6 Å². The lowest BCUT2D eigenvalue weighted by Gasteiger charge is -2.25. The quantitative estimate of drug-likeness (QED) is 0.476. The number of nitro groups is 1. The Hall–Kier alpha value is -3.56. The SMILES string of the molecule is Cc1nn(CC(=O)N(C)C(C)c2ccc(-n3cncn3)cc2)c(C)c1[N+](=O)[O-]. The molecule has 28 heavy (non-hydrogen) atoms. The number of aromatic nitrogens is 5. The first-order chi connectivity index (χ1) is 13.3. The molecule has 0 saturated carbocycles. The minimum absolute atomic E-state index is 0.0489. The summed E-state index contributed by atoms with van der Waals surface area (Å²) in [5.41, 5.74) is 2.45. The molecule has 2 heterocycles. The minimum atomic E-state index is -0.471. The Labute approximate surface area is 161 Å². The number of carbonyl (C=O) groups excluding carboxylic acids is 1. The number of amides is 1. The molecule has 0 saturated heterocycles. The molecular weight excluding hydrogens is 362 g/mol. The van der Waals surface area contributed by atoms with Gasteiger partial charge in [0.25, 0.3) is 0 Å². The second-order valence-electron chi connectivity index (χ2n) is 6.55. The number of rotatable bonds is 6. The van der Waals surface area contributed by atoms with Crippen molar-refractivity contribution in [1.82, 2.24) is 29.4 Å². The van der Waals surface area contributed by atoms with Gasteiger partial charge in [0.05, 0.1) is 16.7 Å². The summed E-state index contributed by atoms with van der Waals surface area (Å²) in [5, 5.41) is 19.4. The van der Waals surface area contributed by atoms with Crippen LogP contribution in [-0.4, -0.2) is 47.3 Å². The third-order valence-corrected chi connectivity index (χ3v) is 4.84. The fourth-order valence-corrected chi connectivity index (χ4v) is 3.03. The van der Waals surface area contributed by atoms with Crippen molar-refractivity contribution in [2.45, 2.75) is 33.4 Å². The molecule has 2 aromatic heterocycles. The summed E-state index contributed by atoms with van der Waals surface area (Å²) in [4.78, 5) is 28.9. The second kappa shape index (κ2) is 7.59. The van der Waals surface area contributed by atoms with Crippen molar-refractivity contribution in [1.29, 1.82) is 0 Å². The third-order valence-electron chi connectivity index (χ3n) is 4.84. The molecule has 1 amide bonds. The molecule has 0 fully saturated rings. The van der Waals surface area contributed by atoms with Gasteiger partial charge in [-0.25, -0.2) is 9.67 Å². The summed E-state index contributed by atoms with van der Waals surface area (Å²) in [6.07, 6.45) is 3.08. The van der Waals surface area contributed by atoms with Gasteiger partial charge in [-0.05, 0) is 38.5 Å². The topological polar surface area (TPSA) is 112 Å². The second-order valence-corrected chi connectivity index (χ2v) is 6.55. The number of hydrogen-bond donors (Lipinski definition) is 0. The van der Waals surface area contributed by atoms with Crippen molar-refractivity contribution in [3.05, 3.63) is 64.0 Å². The van der Waals surface area contributed by atoms with Crippen LogP contribution in [0.1, 0.15) is 29.9 Å². The average molecular weight is 383 g/mol. The van der Waals surface area contributed by atoms with Gasteiger partial charge in [-0.2, -0.15) is 10.2 Å². The van der Waals surface area contributed by atoms with E-state index >= 15 is 0 Å². The molecule has 0 spiro atoms. The van der Waals surface area contributed by atoms with Crippen molar-refractivity contribution in [3.63, 3.8) is 0 Å². The van der Waals surface area contributed by atoms with Crippen LogP contribution in [0.2, 0.25) is 0 Å². The molecule has 10 heteroatoms. The Morgan fingerprint density at radius 2 is 1.96 bits per heavy atom. The fraction of sp³-hybridized carbons (Fsp3) is 0.333. The molecule has 1 atom stereocenters. The van der Waals surface area contributed by atoms with E-state index in [0.717, 1.165) is 11.3 Å². The molecule has 0 aliphatic carbocycles. The molecule has 1 unspecified atom stereocenters. The summed E-state index contributed by atoms with van der Waals surface area (Å²) < 4.78 is 3.03. The zero-order valence-corrected chi connectivity index (χ0v) is 16.1. The van der Waals surface area contributed by atoms with E-state index in [4.69, 9.17) is 0 Å². The largest absolute Gasteiger partial charge is 0.337 e. The molecular formula is C18H21N7O3. The Morgan fingerprint density at radius 1 is 1.29 bits per heavy atom. The summed E-state index contributed by atoms with van der Waals surface area (Å²) in [5.74, 6) is -0.187. The molecule has 146 valence electrons. The number of hydrogen-bond acceptors (Lipinski definition) is 6. The number of benzene rings is 1. The van der Waals surface area contributed by atoms with Crippen molar-refractivity contribution in [3.8, 4) is 5.69 Å². The minimum Gasteiger partial charge on any atom is -0.337 e. The normalized spacial score (nSPS) is 12.0. The molecule has 0 aliphatic heterocycles. The molecule has 0 bridgehead atoms. The highest BCUT2D eigenvalue weighted by atomic mass is 16.6. The van der Waals surface area contributed by atoms with Crippen LogP contribution in [0.25, 0.3) is 5.69 Å². The van der Waals surface area contributed by atoms with Gasteiger partial charge in [-0.15, -0.1) is 0 Å². The lowest BCUT2D eigenvalue weighted by molar-refractivity contribution is -0.386. The third kappa shape index (κ3) is 3.61. The predicted octanol–water partition coefficient (Wildman–Crippen LogP) is 2.21. The van der Waals surface area contributed by atoms with E-state index in [1.54, 1.807) is 36.8 Å². The van der Waals surface area contributed by atoms with Crippen molar-refractivity contribution >= 4 is 11.6 Å². The van der Waals surface area contributed by atoms with Gasteiger partial charge in [-0.1, -0.05) is 12.1 Å². The maximum Gasteiger partial charge on any atom is 0.312 e. The first kappa shape index (κ1) is 19.2. The van der Waals surface area contributed by atoms with E-state index in [1.165, 1.54) is 11.0 Å². The monoisotopic (exact) mass is 383 g/mol. The van der Waals surface area contributed by atoms with E-state index in [2.05, 4.69) is 15.2 Å². The van der Waals surface area contributed by atoms with Gasteiger partial charge in [0.1, 0.15) is 30.6 Å². The van der Waals surface area contributed by atoms with Gasteiger partial charge >= 0.3 is 5.69 Å². The smallest absolute Gasteiger partial charge is 0.312 e. The van der Waals surface area contributed by atoms with Gasteiger partial charge in [0, 0.05) is 7.05 Å². The van der Waals surface area contributed by atoms with E-state index in [0.29, 0.717) is 11.4 Å². The lowest BCUT2D eigenvalue weighted by Crippen LogP contribution is -2.33. The van der Waals surface area contributed by atoms with Crippen LogP contribution < -0.4 is 0 Å². The molecule has 1 aromatic carbocycles. The zero-order valence-electron chi connectivity index (χ0n) is 16.1. The van der Waals surface area contributed by atoms with Crippen molar-refractivity contribution in [2.75, 3.05) is 7.05 Å². The van der Waals surface area contributed by atoms with Crippen LogP contribution in [-0.2, 0) is 11.3 Å². The van der Waals surface area contributed by atoms with Crippen LogP contribution in [0, 0.1) is 24.0 Å². The summed E-state index contributed by atoms with van der Waals surface area (Å²) >= 11 is 0. The summed E-state index contributed by atoms with van der Waals surface area (Å²) in [7, 11) is 1.71. The fourth-order valence-electron chi connectivity index (χ4n) is 3.03. The Balaban J connectivity index is 1.72. The van der Waals surface area contributed by atoms with Crippen LogP contribution in [0.3, 0.4) is 0 Å². The Bertz CT molecular complexity index is 993. The molecule has 0 aliphatic rings. The number of nitrogens with zero attached hydrogens (tertiary/aromatic N) is 7. The number of carbonyl (C=O) groups is 1. The summed E-state index contributed by atoms with van der Waals surface area (Å²) in [6, 6.07) is 7.50. The average Bonchev–Trinajstić information content (AvgIpc) is 3.29. The van der Waals surface area contributed by atoms with E-state index < -0.39 is 4.92 Å². The predicted molar refractivity (Wildman–Crippen MR) is 101 cm³/mol. The molecule has 3 aromatic rings. The highest BCUT2D eigenvalue weighted by Gasteiger charge is 2.25. The van der Waals surface area contributed by atoms with Gasteiger partial charge in [0.2, 0.25) is 5.91 Å². The molecule has 0 radical (unpaired) electrons. The maximum atomic E-state index is 12.7. The van der Waals surface area contributed by atoms with Crippen molar-refractivity contribution in [2.24, 2.45) is 0 Å². The Morgan fingerprint density at radius 3 is 2.50 bits per heavy atom. The zero-order chi connectivity index (χ0) is 20.4. The lowest BCUT2D eigenvalue weighted by atomic mass is 10.1. The first-order valence-electron chi connectivity index (χ1n) is 8.68. The first-order valence-corrected chi connectivity index (χ1v) is 8.68. The van der Waals surface area contributed by atoms with Gasteiger partial charge in [0.15, 0.2) is 0 Å². The maximum absolute atomic E-state index is 12.7. The number of aryl methyl sites for hydroxylation is 1. The van der Waals surface area contributed by atoms with Gasteiger partial charge < -0.3 is 4.90 Å². The highest BCUT2D eigenvalue weighted by Crippen LogP contribution is 2.23. The van der Waals surface area contributed by atoms with E-state index in [1.807, 2.05) is 31.2 Å². The van der Waals surface area contributed by atoms with Crippen LogP contribution in [0.5, 0.6) is 0 Å². The summed E-state index contributed by atoms with van der Waals surface area (Å²) in [6.45, 7) is 5.03. The highest BCUT2D eigenvalue weighted by molar-refractivity contribution is 5.76. The van der Waals surface area contributed by atoms with E-state index in [-0.39, 0.29) is 24.2 Å². The van der Waals surface area contributed by atoms with E-state index in [9.17, 15) is 14.9 Å². The van der Waals surface area contributed by atoms with Crippen LogP contribution in [0.15, 0.2) is 36.9 Å². The van der Waals surface area contributed by atoms with Crippen LogP contribution in [0.4, 0.5) is 5.69 Å². The standard InChI is InChI=1S/C18H21N7O3/c1-12-18(25(27)28)14(3)23(21-12)9-17(26)22(4)13(2)15-5-7-16(8-6-15)24-11-19-10-20-24/h5-8,10-11,13H,9H2,1-4H3.